The fourth-order valence-corrected chi connectivity index (χ4v) is 5.97. The van der Waals surface area contributed by atoms with Crippen LogP contribution in [0.5, 0.6) is 0 Å². The van der Waals surface area contributed by atoms with E-state index in [0.29, 0.717) is 32.8 Å². The van der Waals surface area contributed by atoms with Gasteiger partial charge in [0.25, 0.3) is 0 Å². The first-order valence-corrected chi connectivity index (χ1v) is 11.8. The summed E-state index contributed by atoms with van der Waals surface area (Å²) in [4.78, 5) is 15.1. The molecule has 1 aliphatic carbocycles. The van der Waals surface area contributed by atoms with Crippen molar-refractivity contribution in [3.63, 3.8) is 0 Å². The Balaban J connectivity index is 1.52. The van der Waals surface area contributed by atoms with Crippen molar-refractivity contribution in [2.75, 3.05) is 32.8 Å². The first-order valence-electron chi connectivity index (χ1n) is 10.2. The molecule has 1 aliphatic heterocycles. The lowest BCUT2D eigenvalue weighted by atomic mass is 9.93. The van der Waals surface area contributed by atoms with Crippen molar-refractivity contribution in [1.82, 2.24) is 9.80 Å². The number of fused-ring (bicyclic) bond motifs is 1. The highest BCUT2D eigenvalue weighted by Crippen LogP contribution is 2.37. The zero-order chi connectivity index (χ0) is 21.3. The minimum atomic E-state index is -1.08. The summed E-state index contributed by atoms with van der Waals surface area (Å²) < 4.78 is 8.49. The number of benzene rings is 2. The second-order valence-corrected chi connectivity index (χ2v) is 10.1. The maximum absolute atomic E-state index is 11.2. The van der Waals surface area contributed by atoms with Crippen LogP contribution in [0.3, 0.4) is 0 Å². The highest BCUT2D eigenvalue weighted by atomic mass is 79.9. The maximum atomic E-state index is 11.2. The van der Waals surface area contributed by atoms with Gasteiger partial charge in [0.2, 0.25) is 0 Å². The Morgan fingerprint density at radius 2 is 1.63 bits per heavy atom. The van der Waals surface area contributed by atoms with Gasteiger partial charge in [-0.15, -0.1) is 0 Å². The van der Waals surface area contributed by atoms with Crippen LogP contribution in [-0.2, 0) is 17.6 Å². The number of halogens is 2. The normalized spacial score (nSPS) is 19.5. The number of carbonyl (C=O) groups is 1. The van der Waals surface area contributed by atoms with Gasteiger partial charge in [0, 0.05) is 35.1 Å². The van der Waals surface area contributed by atoms with Crippen LogP contribution in [0, 0.1) is 0 Å². The quantitative estimate of drug-likeness (QED) is 0.583. The summed E-state index contributed by atoms with van der Waals surface area (Å²) in [6, 6.07) is 14.8. The summed E-state index contributed by atoms with van der Waals surface area (Å²) in [5.74, 6) is 0. The molecule has 2 aromatic rings. The molecule has 160 valence electrons. The number of rotatable bonds is 5. The highest BCUT2D eigenvalue weighted by molar-refractivity contribution is 9.11. The van der Waals surface area contributed by atoms with Crippen LogP contribution in [-0.4, -0.2) is 54.2 Å². The summed E-state index contributed by atoms with van der Waals surface area (Å²) >= 11 is 7.11. The highest BCUT2D eigenvalue weighted by Gasteiger charge is 2.43. The maximum Gasteiger partial charge on any atom is 0.137 e. The first-order chi connectivity index (χ1) is 14.4. The molecule has 7 heteroatoms. The van der Waals surface area contributed by atoms with E-state index in [9.17, 15) is 9.90 Å². The van der Waals surface area contributed by atoms with Crippen LogP contribution in [0.2, 0.25) is 0 Å². The molecule has 0 aromatic heterocycles. The molecule has 4 rings (SSSR count). The lowest BCUT2D eigenvalue weighted by Gasteiger charge is -2.46. The average Bonchev–Trinajstić information content (AvgIpc) is 3.11. The van der Waals surface area contributed by atoms with Gasteiger partial charge >= 0.3 is 0 Å². The number of carboxylic acid groups (broad SMARTS) is 1. The summed E-state index contributed by atoms with van der Waals surface area (Å²) in [5, 5.41) is 11.2. The number of hydrogen-bond acceptors (Lipinski definition) is 4. The van der Waals surface area contributed by atoms with Crippen LogP contribution in [0.25, 0.3) is 0 Å². The molecule has 1 fully saturated rings. The number of carbonyl (C=O) groups excluding carboxylic acids is 1. The molecule has 2 aromatic carbocycles. The van der Waals surface area contributed by atoms with Gasteiger partial charge in [-0.1, -0.05) is 56.1 Å². The van der Waals surface area contributed by atoms with Crippen molar-refractivity contribution in [3.8, 4) is 0 Å². The third kappa shape index (κ3) is 4.59. The predicted octanol–water partition coefficient (Wildman–Crippen LogP) is 3.79. The Morgan fingerprint density at radius 3 is 2.17 bits per heavy atom. The topological polar surface area (TPSA) is 55.8 Å². The molecule has 1 atom stereocenters. The van der Waals surface area contributed by atoms with E-state index in [4.69, 9.17) is 4.74 Å². The van der Waals surface area contributed by atoms with Crippen molar-refractivity contribution in [1.29, 1.82) is 0 Å². The smallest absolute Gasteiger partial charge is 0.137 e. The van der Waals surface area contributed by atoms with Crippen molar-refractivity contribution in [3.05, 3.63) is 68.1 Å². The molecule has 30 heavy (non-hydrogen) atoms. The van der Waals surface area contributed by atoms with Crippen LogP contribution in [0.4, 0.5) is 4.79 Å². The van der Waals surface area contributed by atoms with E-state index < -0.39 is 6.09 Å². The third-order valence-corrected chi connectivity index (χ3v) is 7.24. The predicted molar refractivity (Wildman–Crippen MR) is 121 cm³/mol. The van der Waals surface area contributed by atoms with Gasteiger partial charge in [0.15, 0.2) is 0 Å². The molecule has 5 nitrogen and oxygen atoms in total. The van der Waals surface area contributed by atoms with E-state index in [2.05, 4.69) is 80.1 Å². The summed E-state index contributed by atoms with van der Waals surface area (Å²) in [6.45, 7) is 5.03. The minimum absolute atomic E-state index is 0.0519. The lowest BCUT2D eigenvalue weighted by molar-refractivity contribution is -0.267. The standard InChI is InChI=1S/C23H26Br2N2O3/c1-16(19-10-20(24)12-21(25)11-19)30-15-23(13-17-4-2-3-5-18(17)14-23)27-8-6-26(7-9-27)22(28)29/h2-5,10-12,16H,6-9,13-15H2,1H3,(H,28,29)/p-1. The molecule has 2 aliphatic rings. The second-order valence-electron chi connectivity index (χ2n) is 8.24. The molecule has 0 bridgehead atoms. The average molecular weight is 537 g/mol. The molecule has 0 N–H and O–H groups in total. The van der Waals surface area contributed by atoms with Crippen LogP contribution in [0.15, 0.2) is 51.4 Å². The number of amides is 1. The first kappa shape index (κ1) is 21.8. The molecule has 1 unspecified atom stereocenters. The van der Waals surface area contributed by atoms with E-state index in [1.165, 1.54) is 16.0 Å². The van der Waals surface area contributed by atoms with Crippen molar-refractivity contribution in [2.45, 2.75) is 31.4 Å². The zero-order valence-corrected chi connectivity index (χ0v) is 20.1. The van der Waals surface area contributed by atoms with E-state index in [1.54, 1.807) is 0 Å². The molecule has 1 heterocycles. The summed E-state index contributed by atoms with van der Waals surface area (Å²) in [6.07, 6.45) is 0.708. The van der Waals surface area contributed by atoms with E-state index in [-0.39, 0.29) is 11.6 Å². The van der Waals surface area contributed by atoms with Crippen LogP contribution >= 0.6 is 31.9 Å². The fraction of sp³-hybridized carbons (Fsp3) is 0.435. The van der Waals surface area contributed by atoms with Gasteiger partial charge in [-0.3, -0.25) is 4.90 Å². The molecule has 1 amide bonds. The van der Waals surface area contributed by atoms with Crippen molar-refractivity contribution < 1.29 is 14.6 Å². The number of hydrogen-bond donors (Lipinski definition) is 0. The summed E-state index contributed by atoms with van der Waals surface area (Å²) in [7, 11) is 0. The summed E-state index contributed by atoms with van der Waals surface area (Å²) in [5.41, 5.74) is 3.69. The molecule has 0 saturated carbocycles. The van der Waals surface area contributed by atoms with Gasteiger partial charge in [-0.2, -0.15) is 0 Å². The van der Waals surface area contributed by atoms with Gasteiger partial charge in [0.1, 0.15) is 6.09 Å². The Hall–Kier alpha value is -1.41. The fourth-order valence-electron chi connectivity index (χ4n) is 4.64. The van der Waals surface area contributed by atoms with E-state index >= 15 is 0 Å². The Labute approximate surface area is 194 Å². The molecular weight excluding hydrogens is 512 g/mol. The van der Waals surface area contributed by atoms with Crippen molar-refractivity contribution >= 4 is 38.0 Å². The molecule has 0 spiro atoms. The van der Waals surface area contributed by atoms with Crippen LogP contribution in [0.1, 0.15) is 29.7 Å². The largest absolute Gasteiger partial charge is 0.530 e. The number of ether oxygens (including phenoxy) is 1. The monoisotopic (exact) mass is 535 g/mol. The minimum Gasteiger partial charge on any atom is -0.530 e. The Kier molecular flexibility index (Phi) is 6.53. The molecule has 0 radical (unpaired) electrons. The van der Waals surface area contributed by atoms with E-state index in [0.717, 1.165) is 27.4 Å². The van der Waals surface area contributed by atoms with E-state index in [1.807, 2.05) is 6.07 Å². The Morgan fingerprint density at radius 1 is 1.07 bits per heavy atom. The number of piperazine rings is 1. The van der Waals surface area contributed by atoms with Crippen molar-refractivity contribution in [2.24, 2.45) is 0 Å². The van der Waals surface area contributed by atoms with Gasteiger partial charge in [-0.05, 0) is 54.7 Å². The second kappa shape index (κ2) is 8.99. The Bertz CT molecular complexity index is 883. The zero-order valence-electron chi connectivity index (χ0n) is 16.9. The lowest BCUT2D eigenvalue weighted by Crippen LogP contribution is -2.61. The number of nitrogens with zero attached hydrogens (tertiary/aromatic N) is 2. The molecule has 1 saturated heterocycles. The molecular formula is C23H25Br2N2O3-. The van der Waals surface area contributed by atoms with Gasteiger partial charge in [-0.25, -0.2) is 0 Å². The third-order valence-electron chi connectivity index (χ3n) is 6.32. The van der Waals surface area contributed by atoms with Gasteiger partial charge in [0.05, 0.1) is 18.2 Å². The van der Waals surface area contributed by atoms with Crippen LogP contribution < -0.4 is 5.11 Å². The van der Waals surface area contributed by atoms with Gasteiger partial charge < -0.3 is 19.5 Å². The SMILES string of the molecule is CC(OCC1(N2CCN(C(=O)[O-])CC2)Cc2ccccc2C1)c1cc(Br)cc(Br)c1.